The van der Waals surface area contributed by atoms with Gasteiger partial charge in [0, 0.05) is 18.2 Å². The van der Waals surface area contributed by atoms with Crippen LogP contribution in [0.15, 0.2) is 36.4 Å². The van der Waals surface area contributed by atoms with Gasteiger partial charge in [0.2, 0.25) is 5.91 Å². The summed E-state index contributed by atoms with van der Waals surface area (Å²) < 4.78 is 18.7. The van der Waals surface area contributed by atoms with Gasteiger partial charge in [-0.25, -0.2) is 9.18 Å². The van der Waals surface area contributed by atoms with Crippen molar-refractivity contribution in [2.45, 2.75) is 6.42 Å². The molecule has 0 spiro atoms. The van der Waals surface area contributed by atoms with Crippen LogP contribution in [0.2, 0.25) is 0 Å². The first-order chi connectivity index (χ1) is 12.8. The maximum atomic E-state index is 13.7. The first-order valence-corrected chi connectivity index (χ1v) is 7.41. The summed E-state index contributed by atoms with van der Waals surface area (Å²) in [6, 6.07) is 8.85. The average molecular weight is 373 g/mol. The summed E-state index contributed by atoms with van der Waals surface area (Å²) in [7, 11) is 0. The van der Waals surface area contributed by atoms with Crippen molar-refractivity contribution in [3.63, 3.8) is 0 Å². The van der Waals surface area contributed by atoms with Crippen molar-refractivity contribution in [1.29, 1.82) is 5.26 Å². The molecule has 0 saturated carbocycles. The number of rotatable bonds is 7. The second-order valence-corrected chi connectivity index (χ2v) is 5.27. The Morgan fingerprint density at radius 2 is 2.07 bits per heavy atom. The van der Waals surface area contributed by atoms with E-state index in [1.807, 2.05) is 0 Å². The highest BCUT2D eigenvalue weighted by Gasteiger charge is 2.16. The number of carbonyl (C=O) groups excluding carboxylic acids is 1. The molecule has 0 radical (unpaired) electrons. The molecule has 0 aliphatic heterocycles. The summed E-state index contributed by atoms with van der Waals surface area (Å²) in [6.07, 6.45) is -0.237. The molecular formula is C17H12FN3O6. The third kappa shape index (κ3) is 5.23. The maximum absolute atomic E-state index is 13.7. The lowest BCUT2D eigenvalue weighted by molar-refractivity contribution is -0.384. The molecule has 0 aromatic heterocycles. The smallest absolute Gasteiger partial charge is 0.341 e. The first kappa shape index (κ1) is 19.3. The molecule has 10 heteroatoms. The van der Waals surface area contributed by atoms with Gasteiger partial charge < -0.3 is 15.2 Å². The van der Waals surface area contributed by atoms with E-state index < -0.39 is 29.2 Å². The predicted octanol–water partition coefficient (Wildman–Crippen LogP) is 2.25. The van der Waals surface area contributed by atoms with Crippen molar-refractivity contribution in [2.24, 2.45) is 0 Å². The van der Waals surface area contributed by atoms with E-state index in [1.165, 1.54) is 24.3 Å². The van der Waals surface area contributed by atoms with Crippen molar-refractivity contribution >= 4 is 23.3 Å². The Labute approximate surface area is 151 Å². The number of benzene rings is 2. The van der Waals surface area contributed by atoms with Crippen LogP contribution >= 0.6 is 0 Å². The number of carboxylic acid groups (broad SMARTS) is 1. The van der Waals surface area contributed by atoms with E-state index in [9.17, 15) is 24.1 Å². The monoisotopic (exact) mass is 373 g/mol. The summed E-state index contributed by atoms with van der Waals surface area (Å²) in [4.78, 5) is 33.0. The van der Waals surface area contributed by atoms with Gasteiger partial charge in [0.25, 0.3) is 5.69 Å². The molecule has 2 aromatic carbocycles. The third-order valence-electron chi connectivity index (χ3n) is 3.30. The fraction of sp³-hybridized carbons (Fsp3) is 0.118. The quantitative estimate of drug-likeness (QED) is 0.560. The number of nitrogens with zero attached hydrogens (tertiary/aromatic N) is 2. The van der Waals surface area contributed by atoms with Crippen LogP contribution in [0.4, 0.5) is 15.8 Å². The summed E-state index contributed by atoms with van der Waals surface area (Å²) in [5.74, 6) is -3.13. The van der Waals surface area contributed by atoms with E-state index in [1.54, 1.807) is 6.07 Å². The number of carboxylic acids is 1. The van der Waals surface area contributed by atoms with Gasteiger partial charge in [-0.05, 0) is 11.6 Å². The van der Waals surface area contributed by atoms with Crippen LogP contribution in [0.1, 0.15) is 11.1 Å². The standard InChI is InChI=1S/C17H12FN3O6/c18-13-7-15(27-9-17(23)24)14(6-11(13)8-19)20-16(22)5-10-2-1-3-12(4-10)21(25)26/h1-4,6-7H,5,9H2,(H,20,22)(H,23,24). The van der Waals surface area contributed by atoms with Crippen LogP contribution < -0.4 is 10.1 Å². The van der Waals surface area contributed by atoms with Gasteiger partial charge in [-0.15, -0.1) is 0 Å². The zero-order valence-electron chi connectivity index (χ0n) is 13.6. The normalized spacial score (nSPS) is 9.93. The molecule has 0 unspecified atom stereocenters. The zero-order valence-corrected chi connectivity index (χ0v) is 13.6. The van der Waals surface area contributed by atoms with E-state index in [0.717, 1.165) is 12.1 Å². The number of nitro groups is 1. The van der Waals surface area contributed by atoms with Gasteiger partial charge in [0.05, 0.1) is 22.6 Å². The Bertz CT molecular complexity index is 954. The summed E-state index contributed by atoms with van der Waals surface area (Å²) in [5, 5.41) is 30.7. The SMILES string of the molecule is N#Cc1cc(NC(=O)Cc2cccc([N+](=O)[O-])c2)c(OCC(=O)O)cc1F. The molecule has 2 aromatic rings. The predicted molar refractivity (Wildman–Crippen MR) is 89.7 cm³/mol. The first-order valence-electron chi connectivity index (χ1n) is 7.41. The van der Waals surface area contributed by atoms with Crippen LogP contribution in [-0.2, 0) is 16.0 Å². The Morgan fingerprint density at radius 3 is 2.70 bits per heavy atom. The molecule has 138 valence electrons. The average Bonchev–Trinajstić information content (AvgIpc) is 2.61. The van der Waals surface area contributed by atoms with Gasteiger partial charge >= 0.3 is 5.97 Å². The minimum absolute atomic E-state index is 0.0929. The third-order valence-corrected chi connectivity index (χ3v) is 3.30. The number of halogens is 1. The van der Waals surface area contributed by atoms with E-state index >= 15 is 0 Å². The number of nitro benzene ring substituents is 1. The molecule has 9 nitrogen and oxygen atoms in total. The lowest BCUT2D eigenvalue weighted by Crippen LogP contribution is -2.17. The molecule has 0 heterocycles. The number of carbonyl (C=O) groups is 2. The topological polar surface area (TPSA) is 143 Å². The molecule has 0 bridgehead atoms. The number of aliphatic carboxylic acids is 1. The Balaban J connectivity index is 2.22. The van der Waals surface area contributed by atoms with E-state index in [4.69, 9.17) is 15.1 Å². The highest BCUT2D eigenvalue weighted by atomic mass is 19.1. The Hall–Kier alpha value is -4.00. The van der Waals surface area contributed by atoms with Crippen molar-refractivity contribution in [1.82, 2.24) is 0 Å². The molecule has 0 aliphatic carbocycles. The van der Waals surface area contributed by atoms with Crippen molar-refractivity contribution in [3.8, 4) is 11.8 Å². The summed E-state index contributed by atoms with van der Waals surface area (Å²) in [6.45, 7) is -0.779. The van der Waals surface area contributed by atoms with E-state index in [0.29, 0.717) is 5.56 Å². The second-order valence-electron chi connectivity index (χ2n) is 5.27. The summed E-state index contributed by atoms with van der Waals surface area (Å²) in [5.41, 5.74) is -0.287. The molecule has 1 amide bonds. The molecule has 0 fully saturated rings. The van der Waals surface area contributed by atoms with Crippen LogP contribution in [-0.4, -0.2) is 28.5 Å². The number of ether oxygens (including phenoxy) is 1. The number of hydrogen-bond donors (Lipinski definition) is 2. The number of nitriles is 1. The lowest BCUT2D eigenvalue weighted by atomic mass is 10.1. The van der Waals surface area contributed by atoms with Crippen LogP contribution in [0.25, 0.3) is 0 Å². The zero-order chi connectivity index (χ0) is 20.0. The van der Waals surface area contributed by atoms with Gasteiger partial charge in [0.1, 0.15) is 17.6 Å². The van der Waals surface area contributed by atoms with Crippen molar-refractivity contribution in [3.05, 3.63) is 63.5 Å². The van der Waals surface area contributed by atoms with Gasteiger partial charge in [-0.3, -0.25) is 14.9 Å². The number of amides is 1. The summed E-state index contributed by atoms with van der Waals surface area (Å²) >= 11 is 0. The minimum atomic E-state index is -1.31. The van der Waals surface area contributed by atoms with Gasteiger partial charge in [0.15, 0.2) is 6.61 Å². The van der Waals surface area contributed by atoms with Crippen LogP contribution in [0.3, 0.4) is 0 Å². The van der Waals surface area contributed by atoms with E-state index in [2.05, 4.69) is 5.32 Å². The number of hydrogen-bond acceptors (Lipinski definition) is 6. The second kappa shape index (κ2) is 8.39. The maximum Gasteiger partial charge on any atom is 0.341 e. The van der Waals surface area contributed by atoms with Crippen molar-refractivity contribution in [2.75, 3.05) is 11.9 Å². The Morgan fingerprint density at radius 1 is 1.33 bits per heavy atom. The minimum Gasteiger partial charge on any atom is -0.480 e. The Kier molecular flexibility index (Phi) is 6.01. The number of anilines is 1. The van der Waals surface area contributed by atoms with Crippen LogP contribution in [0, 0.1) is 27.3 Å². The molecule has 0 atom stereocenters. The highest BCUT2D eigenvalue weighted by Crippen LogP contribution is 2.28. The molecular weight excluding hydrogens is 361 g/mol. The lowest BCUT2D eigenvalue weighted by Gasteiger charge is -2.12. The van der Waals surface area contributed by atoms with E-state index in [-0.39, 0.29) is 29.1 Å². The number of nitrogens with one attached hydrogen (secondary N) is 1. The molecule has 2 rings (SSSR count). The molecule has 0 saturated heterocycles. The van der Waals surface area contributed by atoms with Crippen LogP contribution in [0.5, 0.6) is 5.75 Å². The number of non-ortho nitro benzene ring substituents is 1. The van der Waals surface area contributed by atoms with Gasteiger partial charge in [-0.1, -0.05) is 12.1 Å². The fourth-order valence-corrected chi connectivity index (χ4v) is 2.16. The molecule has 2 N–H and O–H groups in total. The van der Waals surface area contributed by atoms with Gasteiger partial charge in [-0.2, -0.15) is 5.26 Å². The molecule has 0 aliphatic rings. The molecule has 27 heavy (non-hydrogen) atoms. The highest BCUT2D eigenvalue weighted by molar-refractivity contribution is 5.94. The van der Waals surface area contributed by atoms with Crippen molar-refractivity contribution < 1.29 is 28.7 Å². The fourth-order valence-electron chi connectivity index (χ4n) is 2.16. The largest absolute Gasteiger partial charge is 0.480 e.